The van der Waals surface area contributed by atoms with Crippen LogP contribution in [0.4, 0.5) is 4.79 Å². The number of alkyl carbamates (subject to hydrolysis) is 1. The Bertz CT molecular complexity index is 746. The largest absolute Gasteiger partial charge is 0.444 e. The summed E-state index contributed by atoms with van der Waals surface area (Å²) in [6, 6.07) is 7.77. The van der Waals surface area contributed by atoms with E-state index in [2.05, 4.69) is 24.5 Å². The maximum Gasteiger partial charge on any atom is 0.408 e. The average Bonchev–Trinajstić information content (AvgIpc) is 2.77. The zero-order valence-corrected chi connectivity index (χ0v) is 22.0. The number of hydrogen-bond acceptors (Lipinski definition) is 4. The summed E-state index contributed by atoms with van der Waals surface area (Å²) in [5, 5.41) is 5.66. The van der Waals surface area contributed by atoms with Crippen molar-refractivity contribution in [2.45, 2.75) is 104 Å². The van der Waals surface area contributed by atoms with E-state index in [-0.39, 0.29) is 11.8 Å². The van der Waals surface area contributed by atoms with Crippen molar-refractivity contribution >= 4 is 17.9 Å². The van der Waals surface area contributed by atoms with Crippen LogP contribution in [0.2, 0.25) is 0 Å². The van der Waals surface area contributed by atoms with Crippen molar-refractivity contribution in [2.75, 3.05) is 13.1 Å². The Balaban J connectivity index is 3.15. The molecule has 2 N–H and O–H groups in total. The first-order chi connectivity index (χ1) is 16.1. The van der Waals surface area contributed by atoms with E-state index < -0.39 is 23.8 Å². The molecule has 2 atom stereocenters. The van der Waals surface area contributed by atoms with Crippen LogP contribution in [-0.4, -0.2) is 47.5 Å². The van der Waals surface area contributed by atoms with Crippen LogP contribution in [0.1, 0.15) is 98.1 Å². The lowest BCUT2D eigenvalue weighted by Crippen LogP contribution is -2.52. The van der Waals surface area contributed by atoms with Crippen LogP contribution in [0.5, 0.6) is 0 Å². The molecule has 0 heterocycles. The van der Waals surface area contributed by atoms with Gasteiger partial charge in [-0.1, -0.05) is 76.3 Å². The van der Waals surface area contributed by atoms with Gasteiger partial charge in [0.1, 0.15) is 17.7 Å². The Kier molecular flexibility index (Phi) is 13.3. The third kappa shape index (κ3) is 11.0. The molecule has 192 valence electrons. The molecule has 0 saturated carbocycles. The lowest BCUT2D eigenvalue weighted by molar-refractivity contribution is -0.142. The molecule has 2 unspecified atom stereocenters. The van der Waals surface area contributed by atoms with Crippen LogP contribution in [0.3, 0.4) is 0 Å². The molecule has 7 nitrogen and oxygen atoms in total. The van der Waals surface area contributed by atoms with Gasteiger partial charge in [0, 0.05) is 13.1 Å². The van der Waals surface area contributed by atoms with Gasteiger partial charge in [0.25, 0.3) is 0 Å². The second kappa shape index (κ2) is 15.4. The van der Waals surface area contributed by atoms with Crippen molar-refractivity contribution in [3.05, 3.63) is 35.9 Å². The summed E-state index contributed by atoms with van der Waals surface area (Å²) >= 11 is 0. The number of benzene rings is 1. The Morgan fingerprint density at radius 2 is 1.56 bits per heavy atom. The Morgan fingerprint density at radius 3 is 2.15 bits per heavy atom. The average molecular weight is 476 g/mol. The number of nitrogens with zero attached hydrogens (tertiary/aromatic N) is 1. The SMILES string of the molecule is CCCCCCN(C(=O)C(C)NC(=O)OC(C)(C)C)C(C(=O)NCCCCC)c1ccccc1. The zero-order chi connectivity index (χ0) is 25.6. The third-order valence-electron chi connectivity index (χ3n) is 5.39. The molecule has 3 amide bonds. The minimum Gasteiger partial charge on any atom is -0.444 e. The Labute approximate surface area is 206 Å². The summed E-state index contributed by atoms with van der Waals surface area (Å²) in [6.07, 6.45) is 6.22. The van der Waals surface area contributed by atoms with Gasteiger partial charge in [-0.05, 0) is 46.1 Å². The van der Waals surface area contributed by atoms with Crippen molar-refractivity contribution in [2.24, 2.45) is 0 Å². The predicted octanol–water partition coefficient (Wildman–Crippen LogP) is 5.36. The molecule has 0 spiro atoms. The van der Waals surface area contributed by atoms with Crippen LogP contribution < -0.4 is 10.6 Å². The minimum absolute atomic E-state index is 0.199. The van der Waals surface area contributed by atoms with E-state index in [1.165, 1.54) is 0 Å². The molecule has 34 heavy (non-hydrogen) atoms. The molecule has 7 heteroatoms. The van der Waals surface area contributed by atoms with Gasteiger partial charge >= 0.3 is 6.09 Å². The quantitative estimate of drug-likeness (QED) is 0.355. The van der Waals surface area contributed by atoms with Gasteiger partial charge in [-0.25, -0.2) is 4.79 Å². The van der Waals surface area contributed by atoms with E-state index >= 15 is 0 Å². The van der Waals surface area contributed by atoms with Crippen LogP contribution >= 0.6 is 0 Å². The number of amides is 3. The van der Waals surface area contributed by atoms with E-state index in [1.807, 2.05) is 30.3 Å². The fourth-order valence-corrected chi connectivity index (χ4v) is 3.66. The van der Waals surface area contributed by atoms with Crippen molar-refractivity contribution in [1.29, 1.82) is 0 Å². The molecular formula is C27H45N3O4. The summed E-state index contributed by atoms with van der Waals surface area (Å²) in [6.45, 7) is 12.2. The van der Waals surface area contributed by atoms with E-state index in [4.69, 9.17) is 4.74 Å². The maximum absolute atomic E-state index is 13.6. The summed E-state index contributed by atoms with van der Waals surface area (Å²) in [5.74, 6) is -0.504. The topological polar surface area (TPSA) is 87.7 Å². The molecule has 1 aromatic rings. The van der Waals surface area contributed by atoms with Crippen molar-refractivity contribution < 1.29 is 19.1 Å². The molecule has 1 aromatic carbocycles. The van der Waals surface area contributed by atoms with Crippen LogP contribution in [-0.2, 0) is 14.3 Å². The van der Waals surface area contributed by atoms with Crippen LogP contribution in [0.25, 0.3) is 0 Å². The van der Waals surface area contributed by atoms with Gasteiger partial charge in [0.05, 0.1) is 0 Å². The number of hydrogen-bond donors (Lipinski definition) is 2. The number of carbonyl (C=O) groups excluding carboxylic acids is 3. The Hall–Kier alpha value is -2.57. The molecular weight excluding hydrogens is 430 g/mol. The highest BCUT2D eigenvalue weighted by Crippen LogP contribution is 2.23. The number of ether oxygens (including phenoxy) is 1. The molecule has 0 saturated heterocycles. The lowest BCUT2D eigenvalue weighted by Gasteiger charge is -2.33. The van der Waals surface area contributed by atoms with Gasteiger partial charge in [-0.15, -0.1) is 0 Å². The summed E-state index contributed by atoms with van der Waals surface area (Å²) < 4.78 is 5.32. The summed E-state index contributed by atoms with van der Waals surface area (Å²) in [4.78, 5) is 40.8. The van der Waals surface area contributed by atoms with Crippen molar-refractivity contribution in [1.82, 2.24) is 15.5 Å². The molecule has 0 aliphatic heterocycles. The fraction of sp³-hybridized carbons (Fsp3) is 0.667. The maximum atomic E-state index is 13.6. The second-order valence-corrected chi connectivity index (χ2v) is 9.77. The Morgan fingerprint density at radius 1 is 0.941 bits per heavy atom. The monoisotopic (exact) mass is 475 g/mol. The number of carbonyl (C=O) groups is 3. The highest BCUT2D eigenvalue weighted by molar-refractivity contribution is 5.91. The molecule has 0 fully saturated rings. The predicted molar refractivity (Wildman–Crippen MR) is 136 cm³/mol. The zero-order valence-electron chi connectivity index (χ0n) is 22.0. The standard InChI is InChI=1S/C27H45N3O4/c1-7-9-11-16-20-30(25(32)21(3)29-26(33)34-27(4,5)6)23(22-17-13-12-14-18-22)24(31)28-19-15-10-8-2/h12-14,17-18,21,23H,7-11,15-16,19-20H2,1-6H3,(H,28,31)(H,29,33). The second-order valence-electron chi connectivity index (χ2n) is 9.77. The third-order valence-corrected chi connectivity index (χ3v) is 5.39. The highest BCUT2D eigenvalue weighted by Gasteiger charge is 2.34. The minimum atomic E-state index is -0.833. The number of rotatable bonds is 14. The van der Waals surface area contributed by atoms with Crippen LogP contribution in [0, 0.1) is 0 Å². The van der Waals surface area contributed by atoms with Gasteiger partial charge < -0.3 is 20.3 Å². The fourth-order valence-electron chi connectivity index (χ4n) is 3.66. The van der Waals surface area contributed by atoms with E-state index in [0.717, 1.165) is 50.5 Å². The van der Waals surface area contributed by atoms with Gasteiger partial charge in [0.15, 0.2) is 0 Å². The molecule has 0 aromatic heterocycles. The summed E-state index contributed by atoms with van der Waals surface area (Å²) in [5.41, 5.74) is 0.0845. The van der Waals surface area contributed by atoms with Crippen molar-refractivity contribution in [3.63, 3.8) is 0 Å². The molecule has 0 radical (unpaired) electrons. The van der Waals surface area contributed by atoms with E-state index in [1.54, 1.807) is 32.6 Å². The van der Waals surface area contributed by atoms with E-state index in [0.29, 0.717) is 13.1 Å². The molecule has 0 bridgehead atoms. The smallest absolute Gasteiger partial charge is 0.408 e. The normalized spacial score (nSPS) is 13.0. The summed E-state index contributed by atoms with van der Waals surface area (Å²) in [7, 11) is 0. The van der Waals surface area contributed by atoms with E-state index in [9.17, 15) is 14.4 Å². The van der Waals surface area contributed by atoms with Crippen molar-refractivity contribution in [3.8, 4) is 0 Å². The van der Waals surface area contributed by atoms with Crippen LogP contribution in [0.15, 0.2) is 30.3 Å². The van der Waals surface area contributed by atoms with Gasteiger partial charge in [-0.3, -0.25) is 9.59 Å². The lowest BCUT2D eigenvalue weighted by atomic mass is 10.0. The number of unbranched alkanes of at least 4 members (excludes halogenated alkanes) is 5. The first-order valence-corrected chi connectivity index (χ1v) is 12.7. The highest BCUT2D eigenvalue weighted by atomic mass is 16.6. The first kappa shape index (κ1) is 29.5. The van der Waals surface area contributed by atoms with Gasteiger partial charge in [0.2, 0.25) is 11.8 Å². The molecule has 0 aliphatic rings. The molecule has 1 rings (SSSR count). The first-order valence-electron chi connectivity index (χ1n) is 12.7. The van der Waals surface area contributed by atoms with Gasteiger partial charge in [-0.2, -0.15) is 0 Å². The number of nitrogens with one attached hydrogen (secondary N) is 2. The molecule has 0 aliphatic carbocycles.